The van der Waals surface area contributed by atoms with Crippen molar-refractivity contribution in [3.8, 4) is 0 Å². The second-order valence-corrected chi connectivity index (χ2v) is 5.95. The molecule has 0 N–H and O–H groups in total. The van der Waals surface area contributed by atoms with E-state index >= 15 is 0 Å². The van der Waals surface area contributed by atoms with E-state index in [-0.39, 0.29) is 26.2 Å². The molecule has 1 aliphatic rings. The standard InChI is InChI=1S/C19H23FO6/c1-4-24-16(21)15-11-14(12-7-9-13(20)10-8-12)19(15,17(22)25-5-2)18(23)26-6-3/h7-10,14-15H,4-6,11H2,1-3H3/t14-,15+/m1/s1. The average Bonchev–Trinajstić information content (AvgIpc) is 2.57. The van der Waals surface area contributed by atoms with Crippen molar-refractivity contribution >= 4 is 17.9 Å². The van der Waals surface area contributed by atoms with E-state index in [4.69, 9.17) is 14.2 Å². The Balaban J connectivity index is 2.52. The summed E-state index contributed by atoms with van der Waals surface area (Å²) in [7, 11) is 0. The van der Waals surface area contributed by atoms with E-state index < -0.39 is 41.0 Å². The summed E-state index contributed by atoms with van der Waals surface area (Å²) in [6.45, 7) is 5.09. The SMILES string of the molecule is CCOC(=O)[C@@H]1C[C@H](c2ccc(F)cc2)C1(C(=O)OCC)C(=O)OCC. The van der Waals surface area contributed by atoms with Crippen LogP contribution in [0.2, 0.25) is 0 Å². The van der Waals surface area contributed by atoms with E-state index in [1.165, 1.54) is 24.3 Å². The van der Waals surface area contributed by atoms with Gasteiger partial charge in [-0.25, -0.2) is 4.39 Å². The lowest BCUT2D eigenvalue weighted by Gasteiger charge is -2.50. The smallest absolute Gasteiger partial charge is 0.325 e. The molecule has 0 saturated heterocycles. The van der Waals surface area contributed by atoms with Gasteiger partial charge in [0.15, 0.2) is 5.41 Å². The second kappa shape index (κ2) is 8.29. The topological polar surface area (TPSA) is 78.9 Å². The molecule has 1 aliphatic carbocycles. The number of ether oxygens (including phenoxy) is 3. The molecule has 142 valence electrons. The molecule has 2 rings (SSSR count). The van der Waals surface area contributed by atoms with Gasteiger partial charge in [-0.2, -0.15) is 0 Å². The van der Waals surface area contributed by atoms with Crippen LogP contribution in [0.1, 0.15) is 38.7 Å². The fourth-order valence-corrected chi connectivity index (χ4v) is 3.46. The summed E-state index contributed by atoms with van der Waals surface area (Å²) in [6, 6.07) is 5.48. The van der Waals surface area contributed by atoms with Crippen LogP contribution in [0.3, 0.4) is 0 Å². The summed E-state index contributed by atoms with van der Waals surface area (Å²) >= 11 is 0. The van der Waals surface area contributed by atoms with Gasteiger partial charge in [0.25, 0.3) is 0 Å². The Labute approximate surface area is 151 Å². The number of hydrogen-bond acceptors (Lipinski definition) is 6. The molecular formula is C19H23FO6. The van der Waals surface area contributed by atoms with E-state index in [9.17, 15) is 18.8 Å². The van der Waals surface area contributed by atoms with Crippen molar-refractivity contribution in [2.75, 3.05) is 19.8 Å². The number of rotatable bonds is 7. The average molecular weight is 366 g/mol. The van der Waals surface area contributed by atoms with Crippen molar-refractivity contribution in [2.45, 2.75) is 33.1 Å². The van der Waals surface area contributed by atoms with Crippen molar-refractivity contribution < 1.29 is 33.0 Å². The summed E-state index contributed by atoms with van der Waals surface area (Å²) in [5.74, 6) is -4.39. The van der Waals surface area contributed by atoms with Gasteiger partial charge in [-0.15, -0.1) is 0 Å². The normalized spacial score (nSPS) is 20.6. The second-order valence-electron chi connectivity index (χ2n) is 5.95. The van der Waals surface area contributed by atoms with Gasteiger partial charge < -0.3 is 14.2 Å². The Morgan fingerprint density at radius 2 is 1.46 bits per heavy atom. The minimum absolute atomic E-state index is 0.0473. The fourth-order valence-electron chi connectivity index (χ4n) is 3.46. The number of esters is 3. The molecule has 1 saturated carbocycles. The van der Waals surface area contributed by atoms with Crippen LogP contribution in [0.15, 0.2) is 24.3 Å². The van der Waals surface area contributed by atoms with E-state index in [0.717, 1.165) is 0 Å². The highest BCUT2D eigenvalue weighted by molar-refractivity contribution is 6.07. The van der Waals surface area contributed by atoms with Gasteiger partial charge in [-0.1, -0.05) is 12.1 Å². The summed E-state index contributed by atoms with van der Waals surface area (Å²) in [6.07, 6.45) is 0.210. The minimum Gasteiger partial charge on any atom is -0.466 e. The molecule has 1 aromatic rings. The first-order valence-electron chi connectivity index (χ1n) is 8.69. The highest BCUT2D eigenvalue weighted by Crippen LogP contribution is 2.59. The van der Waals surface area contributed by atoms with E-state index in [2.05, 4.69) is 0 Å². The zero-order valence-electron chi connectivity index (χ0n) is 15.1. The quantitative estimate of drug-likeness (QED) is 0.419. The van der Waals surface area contributed by atoms with Crippen LogP contribution in [-0.2, 0) is 28.6 Å². The summed E-state index contributed by atoms with van der Waals surface area (Å²) in [5.41, 5.74) is -1.26. The van der Waals surface area contributed by atoms with Gasteiger partial charge in [0.05, 0.1) is 25.7 Å². The number of halogens is 1. The Kier molecular flexibility index (Phi) is 6.34. The molecule has 0 aliphatic heterocycles. The minimum atomic E-state index is -1.82. The van der Waals surface area contributed by atoms with Crippen LogP contribution in [0, 0.1) is 17.2 Å². The Morgan fingerprint density at radius 3 is 1.92 bits per heavy atom. The zero-order valence-corrected chi connectivity index (χ0v) is 15.1. The maximum atomic E-state index is 13.3. The fraction of sp³-hybridized carbons (Fsp3) is 0.526. The molecule has 1 fully saturated rings. The predicted molar refractivity (Wildman–Crippen MR) is 89.6 cm³/mol. The third-order valence-corrected chi connectivity index (χ3v) is 4.64. The van der Waals surface area contributed by atoms with Gasteiger partial charge in [-0.3, -0.25) is 14.4 Å². The first-order valence-corrected chi connectivity index (χ1v) is 8.69. The third-order valence-electron chi connectivity index (χ3n) is 4.64. The van der Waals surface area contributed by atoms with E-state index in [1.807, 2.05) is 0 Å². The molecule has 1 aromatic carbocycles. The van der Waals surface area contributed by atoms with Gasteiger partial charge in [0.1, 0.15) is 5.82 Å². The molecule has 0 aromatic heterocycles. The Hall–Kier alpha value is -2.44. The highest BCUT2D eigenvalue weighted by Gasteiger charge is 2.70. The Bertz CT molecular complexity index is 651. The van der Waals surface area contributed by atoms with Crippen LogP contribution in [0.25, 0.3) is 0 Å². The van der Waals surface area contributed by atoms with Crippen molar-refractivity contribution in [3.05, 3.63) is 35.6 Å². The summed E-state index contributed by atoms with van der Waals surface area (Å²) in [4.78, 5) is 38.0. The zero-order chi connectivity index (χ0) is 19.3. The van der Waals surface area contributed by atoms with Crippen LogP contribution in [0.5, 0.6) is 0 Å². The third kappa shape index (κ3) is 3.30. The van der Waals surface area contributed by atoms with Crippen LogP contribution in [-0.4, -0.2) is 37.7 Å². The van der Waals surface area contributed by atoms with E-state index in [1.54, 1.807) is 20.8 Å². The lowest BCUT2D eigenvalue weighted by atomic mass is 9.50. The van der Waals surface area contributed by atoms with Gasteiger partial charge >= 0.3 is 17.9 Å². The molecule has 0 heterocycles. The monoisotopic (exact) mass is 366 g/mol. The van der Waals surface area contributed by atoms with Crippen LogP contribution < -0.4 is 0 Å². The van der Waals surface area contributed by atoms with Crippen molar-refractivity contribution in [1.29, 1.82) is 0 Å². The molecule has 0 unspecified atom stereocenters. The number of carbonyl (C=O) groups excluding carboxylic acids is 3. The predicted octanol–water partition coefficient (Wildman–Crippen LogP) is 2.60. The van der Waals surface area contributed by atoms with Crippen molar-refractivity contribution in [2.24, 2.45) is 11.3 Å². The van der Waals surface area contributed by atoms with E-state index in [0.29, 0.717) is 5.56 Å². The number of benzene rings is 1. The molecule has 6 nitrogen and oxygen atoms in total. The lowest BCUT2D eigenvalue weighted by molar-refractivity contribution is -0.198. The van der Waals surface area contributed by atoms with Gasteiger partial charge in [0, 0.05) is 5.92 Å². The molecule has 2 atom stereocenters. The van der Waals surface area contributed by atoms with Gasteiger partial charge in [0.2, 0.25) is 0 Å². The summed E-state index contributed by atoms with van der Waals surface area (Å²) in [5, 5.41) is 0. The maximum Gasteiger partial charge on any atom is 0.325 e. The molecule has 26 heavy (non-hydrogen) atoms. The number of carbonyl (C=O) groups is 3. The highest BCUT2D eigenvalue weighted by atomic mass is 19.1. The first-order chi connectivity index (χ1) is 12.4. The number of hydrogen-bond donors (Lipinski definition) is 0. The molecule has 0 bridgehead atoms. The molecule has 0 amide bonds. The first kappa shape index (κ1) is 19.9. The summed E-state index contributed by atoms with van der Waals surface area (Å²) < 4.78 is 28.6. The molecule has 7 heteroatoms. The van der Waals surface area contributed by atoms with Crippen LogP contribution >= 0.6 is 0 Å². The molecular weight excluding hydrogens is 343 g/mol. The van der Waals surface area contributed by atoms with Gasteiger partial charge in [-0.05, 0) is 44.9 Å². The lowest BCUT2D eigenvalue weighted by Crippen LogP contribution is -2.62. The van der Waals surface area contributed by atoms with Crippen molar-refractivity contribution in [3.63, 3.8) is 0 Å². The van der Waals surface area contributed by atoms with Crippen LogP contribution in [0.4, 0.5) is 4.39 Å². The van der Waals surface area contributed by atoms with Crippen molar-refractivity contribution in [1.82, 2.24) is 0 Å². The Morgan fingerprint density at radius 1 is 0.962 bits per heavy atom. The maximum absolute atomic E-state index is 13.3. The largest absolute Gasteiger partial charge is 0.466 e. The molecule has 0 radical (unpaired) electrons. The molecule has 0 spiro atoms.